The van der Waals surface area contributed by atoms with Crippen LogP contribution in [0.5, 0.6) is 0 Å². The van der Waals surface area contributed by atoms with E-state index < -0.39 is 36.3 Å². The van der Waals surface area contributed by atoms with Gasteiger partial charge in [0.1, 0.15) is 24.4 Å². The molecule has 128 valence electrons. The molecule has 0 radical (unpaired) electrons. The van der Waals surface area contributed by atoms with Gasteiger partial charge in [0.2, 0.25) is 5.91 Å². The van der Waals surface area contributed by atoms with Crippen LogP contribution in [0.1, 0.15) is 25.3 Å². The van der Waals surface area contributed by atoms with Gasteiger partial charge in [-0.15, -0.1) is 0 Å². The fourth-order valence-electron chi connectivity index (χ4n) is 1.89. The smallest absolute Gasteiger partial charge is 0.315 e. The van der Waals surface area contributed by atoms with Gasteiger partial charge in [0.15, 0.2) is 0 Å². The number of carbonyl (C=O) groups is 2. The molecule has 1 aromatic carbocycles. The van der Waals surface area contributed by atoms with Crippen LogP contribution in [0.25, 0.3) is 0 Å². The summed E-state index contributed by atoms with van der Waals surface area (Å²) in [6.07, 6.45) is 0. The lowest BCUT2D eigenvalue weighted by Gasteiger charge is -2.17. The number of carbonyl (C=O) groups excluding carboxylic acids is 2. The van der Waals surface area contributed by atoms with E-state index in [1.54, 1.807) is 6.92 Å². The van der Waals surface area contributed by atoms with Crippen LogP contribution in [0.15, 0.2) is 18.2 Å². The number of hydrogen-bond donors (Lipinski definition) is 3. The van der Waals surface area contributed by atoms with Crippen molar-refractivity contribution in [2.45, 2.75) is 25.8 Å². The van der Waals surface area contributed by atoms with Crippen LogP contribution in [0, 0.1) is 11.6 Å². The summed E-state index contributed by atoms with van der Waals surface area (Å²) in [5.41, 5.74) is 0.278. The Kier molecular flexibility index (Phi) is 7.37. The van der Waals surface area contributed by atoms with Gasteiger partial charge >= 0.3 is 6.03 Å². The number of alkyl halides is 1. The Bertz CT molecular complexity index is 555. The predicted octanol–water partition coefficient (Wildman–Crippen LogP) is 1.84. The summed E-state index contributed by atoms with van der Waals surface area (Å²) in [5.74, 6) is -2.23. The third-order valence-electron chi connectivity index (χ3n) is 3.20. The molecule has 1 rings (SSSR count). The van der Waals surface area contributed by atoms with Gasteiger partial charge in [-0.05, 0) is 18.6 Å². The van der Waals surface area contributed by atoms with Gasteiger partial charge in [0, 0.05) is 25.1 Å². The lowest BCUT2D eigenvalue weighted by molar-refractivity contribution is -0.122. The molecule has 0 bridgehead atoms. The Morgan fingerprint density at radius 1 is 1.17 bits per heavy atom. The summed E-state index contributed by atoms with van der Waals surface area (Å²) in [7, 11) is 0. The molecule has 0 saturated heterocycles. The van der Waals surface area contributed by atoms with E-state index in [-0.39, 0.29) is 24.6 Å². The largest absolute Gasteiger partial charge is 0.352 e. The highest BCUT2D eigenvalue weighted by molar-refractivity contribution is 5.86. The average molecular weight is 331 g/mol. The first-order valence-electron chi connectivity index (χ1n) is 7.18. The zero-order valence-electron chi connectivity index (χ0n) is 13.0. The summed E-state index contributed by atoms with van der Waals surface area (Å²) in [5, 5.41) is 7.18. The molecule has 0 saturated carbocycles. The van der Waals surface area contributed by atoms with Gasteiger partial charge < -0.3 is 16.0 Å². The van der Waals surface area contributed by atoms with Crippen molar-refractivity contribution in [3.05, 3.63) is 35.4 Å². The molecule has 0 aliphatic rings. The summed E-state index contributed by atoms with van der Waals surface area (Å²) in [6, 6.07) is 1.80. The highest BCUT2D eigenvalue weighted by Crippen LogP contribution is 2.18. The monoisotopic (exact) mass is 331 g/mol. The van der Waals surface area contributed by atoms with Gasteiger partial charge in [0.25, 0.3) is 0 Å². The first kappa shape index (κ1) is 18.8. The third kappa shape index (κ3) is 6.17. The van der Waals surface area contributed by atoms with E-state index in [9.17, 15) is 22.8 Å². The number of nitrogens with one attached hydrogen (secondary N) is 3. The van der Waals surface area contributed by atoms with E-state index in [1.165, 1.54) is 13.0 Å². The minimum atomic E-state index is -0.834. The first-order valence-corrected chi connectivity index (χ1v) is 7.18. The van der Waals surface area contributed by atoms with Gasteiger partial charge in [-0.1, -0.05) is 13.0 Å². The van der Waals surface area contributed by atoms with Crippen molar-refractivity contribution in [2.75, 3.05) is 19.8 Å². The molecule has 0 aromatic heterocycles. The molecule has 23 heavy (non-hydrogen) atoms. The van der Waals surface area contributed by atoms with Crippen LogP contribution >= 0.6 is 0 Å². The highest BCUT2D eigenvalue weighted by atomic mass is 19.1. The fraction of sp³-hybridized carbons (Fsp3) is 0.467. The first-order chi connectivity index (χ1) is 10.8. The van der Waals surface area contributed by atoms with E-state index in [4.69, 9.17) is 0 Å². The maximum atomic E-state index is 13.6. The Labute approximate surface area is 132 Å². The molecule has 0 spiro atoms. The number of benzene rings is 1. The molecule has 3 amide bonds. The molecule has 5 nitrogen and oxygen atoms in total. The molecule has 2 atom stereocenters. The summed E-state index contributed by atoms with van der Waals surface area (Å²) in [6.45, 7) is 2.43. The third-order valence-corrected chi connectivity index (χ3v) is 3.20. The van der Waals surface area contributed by atoms with Crippen LogP contribution in [-0.2, 0) is 4.79 Å². The Morgan fingerprint density at radius 3 is 2.48 bits per heavy atom. The second-order valence-electron chi connectivity index (χ2n) is 5.12. The molecule has 0 unspecified atom stereocenters. The van der Waals surface area contributed by atoms with Crippen molar-refractivity contribution >= 4 is 11.9 Å². The van der Waals surface area contributed by atoms with Crippen LogP contribution in [0.4, 0.5) is 18.0 Å². The van der Waals surface area contributed by atoms with Crippen molar-refractivity contribution in [2.24, 2.45) is 0 Å². The van der Waals surface area contributed by atoms with Gasteiger partial charge in [-0.3, -0.25) is 4.79 Å². The Balaban J connectivity index is 2.44. The van der Waals surface area contributed by atoms with E-state index in [2.05, 4.69) is 16.0 Å². The van der Waals surface area contributed by atoms with E-state index in [1.807, 2.05) is 0 Å². The number of halogens is 3. The second kappa shape index (κ2) is 9.02. The molecule has 8 heteroatoms. The molecule has 0 aliphatic carbocycles. The number of amides is 3. The van der Waals surface area contributed by atoms with Crippen molar-refractivity contribution < 1.29 is 22.8 Å². The molecule has 3 N–H and O–H groups in total. The van der Waals surface area contributed by atoms with Gasteiger partial charge in [-0.2, -0.15) is 0 Å². The normalized spacial score (nSPS) is 13.1. The lowest BCUT2D eigenvalue weighted by atomic mass is 10.0. The van der Waals surface area contributed by atoms with Crippen LogP contribution in [0.3, 0.4) is 0 Å². The number of hydrogen-bond acceptors (Lipinski definition) is 2. The Hall–Kier alpha value is -2.25. The molecule has 0 fully saturated rings. The van der Waals surface area contributed by atoms with E-state index >= 15 is 0 Å². The number of urea groups is 1. The summed E-state index contributed by atoms with van der Waals surface area (Å²) in [4.78, 5) is 23.1. The Morgan fingerprint density at radius 2 is 1.87 bits per heavy atom. The van der Waals surface area contributed by atoms with E-state index in [0.717, 1.165) is 12.1 Å². The molecule has 1 aromatic rings. The van der Waals surface area contributed by atoms with Crippen LogP contribution in [-0.4, -0.2) is 37.7 Å². The van der Waals surface area contributed by atoms with Crippen LogP contribution in [0.2, 0.25) is 0 Å². The van der Waals surface area contributed by atoms with Gasteiger partial charge in [-0.25, -0.2) is 18.0 Å². The van der Waals surface area contributed by atoms with Crippen LogP contribution < -0.4 is 16.0 Å². The van der Waals surface area contributed by atoms with Gasteiger partial charge in [0.05, 0.1) is 0 Å². The maximum absolute atomic E-state index is 13.6. The highest BCUT2D eigenvalue weighted by Gasteiger charge is 2.16. The van der Waals surface area contributed by atoms with Crippen molar-refractivity contribution in [3.63, 3.8) is 0 Å². The topological polar surface area (TPSA) is 70.2 Å². The summed E-state index contributed by atoms with van der Waals surface area (Å²) < 4.78 is 38.4. The molecular weight excluding hydrogens is 311 g/mol. The maximum Gasteiger partial charge on any atom is 0.315 e. The molecular formula is C15H20F3N3O2. The van der Waals surface area contributed by atoms with Crippen molar-refractivity contribution in [1.29, 1.82) is 0 Å². The molecule has 0 heterocycles. The zero-order valence-corrected chi connectivity index (χ0v) is 13.0. The minimum Gasteiger partial charge on any atom is -0.352 e. The molecule has 0 aliphatic heterocycles. The quantitative estimate of drug-likeness (QED) is 0.713. The lowest BCUT2D eigenvalue weighted by Crippen LogP contribution is -2.49. The second-order valence-corrected chi connectivity index (χ2v) is 5.12. The zero-order chi connectivity index (χ0) is 17.4. The van der Waals surface area contributed by atoms with Crippen molar-refractivity contribution in [1.82, 2.24) is 16.0 Å². The average Bonchev–Trinajstić information content (AvgIpc) is 2.50. The SMILES string of the molecule is C[C@H](NC(=O)NC[C@H](C)c1ccc(F)cc1F)C(=O)NCCF. The van der Waals surface area contributed by atoms with Crippen molar-refractivity contribution in [3.8, 4) is 0 Å². The minimum absolute atomic E-state index is 0.104. The summed E-state index contributed by atoms with van der Waals surface area (Å²) >= 11 is 0. The van der Waals surface area contributed by atoms with E-state index in [0.29, 0.717) is 0 Å². The predicted molar refractivity (Wildman–Crippen MR) is 79.8 cm³/mol. The fourth-order valence-corrected chi connectivity index (χ4v) is 1.89. The number of rotatable bonds is 7. The standard InChI is InChI=1S/C15H20F3N3O2/c1-9(12-4-3-11(17)7-13(12)18)8-20-15(23)21-10(2)14(22)19-6-5-16/h3-4,7,9-10H,5-6,8H2,1-2H3,(H,19,22)(H2,20,21,23)/t9-,10-/m0/s1.